The number of hydrogen-bond acceptors (Lipinski definition) is 2. The molecular formula is C16H21FN2O. The van der Waals surface area contributed by atoms with E-state index in [0.29, 0.717) is 11.6 Å². The third kappa shape index (κ3) is 2.39. The van der Waals surface area contributed by atoms with Gasteiger partial charge in [-0.15, -0.1) is 0 Å². The van der Waals surface area contributed by atoms with Gasteiger partial charge in [-0.1, -0.05) is 6.42 Å². The summed E-state index contributed by atoms with van der Waals surface area (Å²) < 4.78 is 13.7. The number of nitrogens with one attached hydrogen (secondary N) is 1. The molecule has 0 spiro atoms. The number of carbonyl (C=O) groups is 1. The van der Waals surface area contributed by atoms with Crippen LogP contribution in [0.25, 0.3) is 0 Å². The van der Waals surface area contributed by atoms with Crippen molar-refractivity contribution in [2.75, 3.05) is 5.73 Å². The van der Waals surface area contributed by atoms with Crippen LogP contribution in [0.5, 0.6) is 0 Å². The lowest BCUT2D eigenvalue weighted by molar-refractivity contribution is 0.0911. The van der Waals surface area contributed by atoms with Crippen LogP contribution >= 0.6 is 0 Å². The van der Waals surface area contributed by atoms with Crippen LogP contribution < -0.4 is 11.1 Å². The average molecular weight is 276 g/mol. The van der Waals surface area contributed by atoms with Gasteiger partial charge in [0.1, 0.15) is 5.82 Å². The molecule has 2 aliphatic carbocycles. The maximum atomic E-state index is 13.7. The van der Waals surface area contributed by atoms with Crippen molar-refractivity contribution in [2.45, 2.75) is 38.6 Å². The Morgan fingerprint density at radius 2 is 2.20 bits per heavy atom. The maximum Gasteiger partial charge on any atom is 0.254 e. The molecule has 3 rings (SSSR count). The quantitative estimate of drug-likeness (QED) is 0.834. The number of carbonyl (C=O) groups excluding carboxylic acids is 1. The summed E-state index contributed by atoms with van der Waals surface area (Å²) in [5.74, 6) is 1.25. The molecule has 3 nitrogen and oxygen atoms in total. The highest BCUT2D eigenvalue weighted by Gasteiger charge is 2.42. The molecule has 2 bridgehead atoms. The van der Waals surface area contributed by atoms with Crippen LogP contribution in [0, 0.1) is 23.6 Å². The van der Waals surface area contributed by atoms with Crippen LogP contribution in [0.2, 0.25) is 0 Å². The fraction of sp³-hybridized carbons (Fsp3) is 0.562. The molecule has 0 aromatic heterocycles. The first kappa shape index (κ1) is 13.4. The first-order valence-electron chi connectivity index (χ1n) is 7.40. The minimum absolute atomic E-state index is 0.0780. The number of benzene rings is 1. The number of amides is 1. The van der Waals surface area contributed by atoms with Crippen molar-refractivity contribution < 1.29 is 9.18 Å². The Balaban J connectivity index is 1.66. The van der Waals surface area contributed by atoms with E-state index >= 15 is 0 Å². The second kappa shape index (κ2) is 5.08. The van der Waals surface area contributed by atoms with Crippen molar-refractivity contribution in [1.82, 2.24) is 5.32 Å². The van der Waals surface area contributed by atoms with Crippen molar-refractivity contribution in [2.24, 2.45) is 17.8 Å². The molecule has 3 N–H and O–H groups in total. The molecule has 0 radical (unpaired) electrons. The molecule has 1 amide bonds. The number of hydrogen-bond donors (Lipinski definition) is 2. The Labute approximate surface area is 118 Å². The molecule has 2 aliphatic rings. The standard InChI is InChI=1S/C16H21FN2O/c1-9(14-7-10-2-3-11(14)6-10)19-16(20)13-5-4-12(18)8-15(13)17/h4-5,8-11,14H,2-3,6-7,18H2,1H3,(H,19,20). The third-order valence-corrected chi connectivity index (χ3v) is 5.03. The van der Waals surface area contributed by atoms with Gasteiger partial charge >= 0.3 is 0 Å². The van der Waals surface area contributed by atoms with Gasteiger partial charge in [-0.25, -0.2) is 4.39 Å². The van der Waals surface area contributed by atoms with Gasteiger partial charge in [0.2, 0.25) is 0 Å². The zero-order valence-electron chi connectivity index (χ0n) is 11.7. The summed E-state index contributed by atoms with van der Waals surface area (Å²) in [6.07, 6.45) is 5.14. The van der Waals surface area contributed by atoms with E-state index in [1.54, 1.807) is 6.07 Å². The van der Waals surface area contributed by atoms with E-state index in [0.717, 1.165) is 11.8 Å². The Morgan fingerprint density at radius 3 is 2.80 bits per heavy atom. The van der Waals surface area contributed by atoms with Gasteiger partial charge in [-0.3, -0.25) is 4.79 Å². The number of anilines is 1. The molecule has 4 atom stereocenters. The SMILES string of the molecule is CC(NC(=O)c1ccc(N)cc1F)C1CC2CCC1C2. The first-order valence-corrected chi connectivity index (χ1v) is 7.40. The van der Waals surface area contributed by atoms with Crippen molar-refractivity contribution in [3.05, 3.63) is 29.6 Å². The van der Waals surface area contributed by atoms with Crippen LogP contribution in [0.3, 0.4) is 0 Å². The van der Waals surface area contributed by atoms with Gasteiger partial charge in [0.15, 0.2) is 0 Å². The molecule has 1 aromatic carbocycles. The lowest BCUT2D eigenvalue weighted by Crippen LogP contribution is -2.40. The monoisotopic (exact) mass is 276 g/mol. The molecule has 108 valence electrons. The van der Waals surface area contributed by atoms with Crippen molar-refractivity contribution in [1.29, 1.82) is 0 Å². The van der Waals surface area contributed by atoms with Gasteiger partial charge in [0, 0.05) is 11.7 Å². The predicted octanol–water partition coefficient (Wildman–Crippen LogP) is 2.96. The summed E-state index contributed by atoms with van der Waals surface area (Å²) >= 11 is 0. The second-order valence-corrected chi connectivity index (χ2v) is 6.34. The highest BCUT2D eigenvalue weighted by atomic mass is 19.1. The van der Waals surface area contributed by atoms with Crippen LogP contribution in [-0.4, -0.2) is 11.9 Å². The van der Waals surface area contributed by atoms with Gasteiger partial charge in [-0.2, -0.15) is 0 Å². The summed E-state index contributed by atoms with van der Waals surface area (Å²) in [7, 11) is 0. The molecule has 2 fully saturated rings. The Bertz CT molecular complexity index is 531. The average Bonchev–Trinajstić information content (AvgIpc) is 3.00. The highest BCUT2D eigenvalue weighted by Crippen LogP contribution is 2.49. The minimum atomic E-state index is -0.553. The Morgan fingerprint density at radius 1 is 1.40 bits per heavy atom. The Kier molecular flexibility index (Phi) is 3.40. The summed E-state index contributed by atoms with van der Waals surface area (Å²) in [6, 6.07) is 4.31. The molecule has 4 unspecified atom stereocenters. The van der Waals surface area contributed by atoms with Gasteiger partial charge in [0.05, 0.1) is 5.56 Å². The third-order valence-electron chi connectivity index (χ3n) is 5.03. The molecule has 20 heavy (non-hydrogen) atoms. The van der Waals surface area contributed by atoms with Crippen molar-refractivity contribution in [3.63, 3.8) is 0 Å². The molecular weight excluding hydrogens is 255 g/mol. The van der Waals surface area contributed by atoms with Gasteiger partial charge < -0.3 is 11.1 Å². The van der Waals surface area contributed by atoms with Gasteiger partial charge in [0.25, 0.3) is 5.91 Å². The molecule has 4 heteroatoms. The molecule has 0 heterocycles. The number of nitrogens with two attached hydrogens (primary N) is 1. The lowest BCUT2D eigenvalue weighted by atomic mass is 9.84. The fourth-order valence-corrected chi connectivity index (χ4v) is 4.01. The number of halogens is 1. The summed E-state index contributed by atoms with van der Waals surface area (Å²) in [4.78, 5) is 12.2. The number of nitrogen functional groups attached to an aromatic ring is 1. The van der Waals surface area contributed by atoms with Crippen LogP contribution in [0.1, 0.15) is 43.0 Å². The highest BCUT2D eigenvalue weighted by molar-refractivity contribution is 5.95. The molecule has 1 aromatic rings. The van der Waals surface area contributed by atoms with E-state index in [-0.39, 0.29) is 17.5 Å². The van der Waals surface area contributed by atoms with Crippen LogP contribution in [0.4, 0.5) is 10.1 Å². The zero-order chi connectivity index (χ0) is 14.3. The summed E-state index contributed by atoms with van der Waals surface area (Å²) in [5, 5.41) is 2.96. The maximum absolute atomic E-state index is 13.7. The topological polar surface area (TPSA) is 55.1 Å². The summed E-state index contributed by atoms with van der Waals surface area (Å²) in [5.41, 5.74) is 5.91. The normalized spacial score (nSPS) is 29.4. The lowest BCUT2D eigenvalue weighted by Gasteiger charge is -2.28. The largest absolute Gasteiger partial charge is 0.399 e. The first-order chi connectivity index (χ1) is 9.54. The van der Waals surface area contributed by atoms with E-state index in [1.165, 1.54) is 37.8 Å². The number of rotatable bonds is 3. The van der Waals surface area contributed by atoms with Crippen LogP contribution in [-0.2, 0) is 0 Å². The van der Waals surface area contributed by atoms with E-state index in [2.05, 4.69) is 5.32 Å². The van der Waals surface area contributed by atoms with E-state index < -0.39 is 5.82 Å². The molecule has 2 saturated carbocycles. The summed E-state index contributed by atoms with van der Waals surface area (Å²) in [6.45, 7) is 2.04. The van der Waals surface area contributed by atoms with Crippen LogP contribution in [0.15, 0.2) is 18.2 Å². The smallest absolute Gasteiger partial charge is 0.254 e. The Hall–Kier alpha value is -1.58. The van der Waals surface area contributed by atoms with E-state index in [9.17, 15) is 9.18 Å². The molecule has 0 saturated heterocycles. The van der Waals surface area contributed by atoms with Gasteiger partial charge in [-0.05, 0) is 62.1 Å². The van der Waals surface area contributed by atoms with E-state index in [4.69, 9.17) is 5.73 Å². The fourth-order valence-electron chi connectivity index (χ4n) is 4.01. The van der Waals surface area contributed by atoms with Crippen molar-refractivity contribution in [3.8, 4) is 0 Å². The number of fused-ring (bicyclic) bond motifs is 2. The zero-order valence-corrected chi connectivity index (χ0v) is 11.7. The second-order valence-electron chi connectivity index (χ2n) is 6.34. The minimum Gasteiger partial charge on any atom is -0.399 e. The predicted molar refractivity (Wildman–Crippen MR) is 76.7 cm³/mol. The molecule has 0 aliphatic heterocycles. The van der Waals surface area contributed by atoms with E-state index in [1.807, 2.05) is 6.92 Å². The van der Waals surface area contributed by atoms with Crippen molar-refractivity contribution >= 4 is 11.6 Å².